The minimum atomic E-state index is -0.351. The van der Waals surface area contributed by atoms with Gasteiger partial charge in [0, 0.05) is 20.7 Å². The largest absolute Gasteiger partial charge is 0.324 e. The minimum absolute atomic E-state index is 0.155. The summed E-state index contributed by atoms with van der Waals surface area (Å²) in [7, 11) is 0. The Labute approximate surface area is 179 Å². The van der Waals surface area contributed by atoms with Gasteiger partial charge in [0.05, 0.1) is 11.8 Å². The highest BCUT2D eigenvalue weighted by Crippen LogP contribution is 2.60. The maximum Gasteiger partial charge on any atom is 0.244 e. The van der Waals surface area contributed by atoms with Crippen LogP contribution in [0.2, 0.25) is 0 Å². The zero-order chi connectivity index (χ0) is 19.6. The summed E-state index contributed by atoms with van der Waals surface area (Å²) in [6, 6.07) is 13.4. The SMILES string of the molecule is O=C(CN1C(=O)[C@@H]2[C@H]3C[C@@H]([C@H](Br)[C@@H]3Br)[C@@H]2C1=O)Nc1cccc2ccccc12. The van der Waals surface area contributed by atoms with Crippen LogP contribution < -0.4 is 5.32 Å². The van der Waals surface area contributed by atoms with Crippen molar-refractivity contribution in [2.75, 3.05) is 11.9 Å². The van der Waals surface area contributed by atoms with Crippen molar-refractivity contribution in [1.82, 2.24) is 4.90 Å². The number of rotatable bonds is 3. The van der Waals surface area contributed by atoms with E-state index in [1.54, 1.807) is 0 Å². The van der Waals surface area contributed by atoms with Crippen molar-refractivity contribution in [3.8, 4) is 0 Å². The molecule has 1 aliphatic heterocycles. The summed E-state index contributed by atoms with van der Waals surface area (Å²) in [6.07, 6.45) is 0.884. The van der Waals surface area contributed by atoms with Crippen LogP contribution >= 0.6 is 31.9 Å². The molecule has 0 spiro atoms. The molecular weight excluding hydrogens is 488 g/mol. The molecule has 2 aromatic rings. The number of carbonyl (C=O) groups excluding carboxylic acids is 3. The van der Waals surface area contributed by atoms with E-state index < -0.39 is 0 Å². The zero-order valence-electron chi connectivity index (χ0n) is 14.8. The number of amides is 3. The highest BCUT2D eigenvalue weighted by atomic mass is 79.9. The summed E-state index contributed by atoms with van der Waals surface area (Å²) >= 11 is 7.35. The third-order valence-corrected chi connectivity index (χ3v) is 9.65. The van der Waals surface area contributed by atoms with Gasteiger partial charge in [-0.25, -0.2) is 0 Å². The molecule has 3 fully saturated rings. The first-order valence-electron chi connectivity index (χ1n) is 9.38. The van der Waals surface area contributed by atoms with Crippen molar-refractivity contribution in [2.45, 2.75) is 16.1 Å². The minimum Gasteiger partial charge on any atom is -0.324 e. The Bertz CT molecular complexity index is 973. The summed E-state index contributed by atoms with van der Waals surface area (Å²) < 4.78 is 0. The van der Waals surface area contributed by atoms with E-state index in [0.29, 0.717) is 5.69 Å². The van der Waals surface area contributed by atoms with Gasteiger partial charge in [-0.05, 0) is 29.7 Å². The Balaban J connectivity index is 1.35. The molecule has 2 aliphatic carbocycles. The second kappa shape index (κ2) is 6.66. The summed E-state index contributed by atoms with van der Waals surface area (Å²) in [5, 5.41) is 4.82. The van der Waals surface area contributed by atoms with Crippen LogP contribution in [0.3, 0.4) is 0 Å². The Morgan fingerprint density at radius 1 is 0.964 bits per heavy atom. The Morgan fingerprint density at radius 2 is 1.57 bits per heavy atom. The lowest BCUT2D eigenvalue weighted by molar-refractivity contribution is -0.143. The maximum atomic E-state index is 12.9. The highest BCUT2D eigenvalue weighted by Gasteiger charge is 2.66. The van der Waals surface area contributed by atoms with Crippen LogP contribution in [0.5, 0.6) is 0 Å². The van der Waals surface area contributed by atoms with Crippen LogP contribution in [0.1, 0.15) is 6.42 Å². The number of hydrogen-bond donors (Lipinski definition) is 1. The molecule has 3 aliphatic rings. The number of nitrogens with zero attached hydrogens (tertiary/aromatic N) is 1. The normalized spacial score (nSPS) is 33.6. The lowest BCUT2D eigenvalue weighted by Gasteiger charge is -2.28. The molecule has 1 N–H and O–H groups in total. The summed E-state index contributed by atoms with van der Waals surface area (Å²) in [6.45, 7) is -0.229. The van der Waals surface area contributed by atoms with Gasteiger partial charge in [0.1, 0.15) is 6.54 Å². The average molecular weight is 506 g/mol. The van der Waals surface area contributed by atoms with Gasteiger partial charge in [-0.1, -0.05) is 68.3 Å². The molecule has 5 nitrogen and oxygen atoms in total. The van der Waals surface area contributed by atoms with Crippen molar-refractivity contribution >= 4 is 66.0 Å². The van der Waals surface area contributed by atoms with Crippen molar-refractivity contribution in [3.05, 3.63) is 42.5 Å². The molecule has 1 saturated heterocycles. The lowest BCUT2D eigenvalue weighted by Crippen LogP contribution is -2.39. The maximum absolute atomic E-state index is 12.9. The number of benzene rings is 2. The highest BCUT2D eigenvalue weighted by molar-refractivity contribution is 9.12. The Kier molecular flexibility index (Phi) is 4.36. The van der Waals surface area contributed by atoms with Gasteiger partial charge in [0.25, 0.3) is 0 Å². The number of halogens is 2. The fourth-order valence-corrected chi connectivity index (χ4v) is 7.11. The van der Waals surface area contributed by atoms with Crippen LogP contribution in [0.15, 0.2) is 42.5 Å². The van der Waals surface area contributed by atoms with Gasteiger partial charge in [-0.2, -0.15) is 0 Å². The van der Waals surface area contributed by atoms with Crippen LogP contribution in [0.4, 0.5) is 5.69 Å². The fraction of sp³-hybridized carbons (Fsp3) is 0.381. The molecule has 6 atom stereocenters. The number of anilines is 1. The molecule has 1 heterocycles. The van der Waals surface area contributed by atoms with Crippen LogP contribution in [-0.4, -0.2) is 38.8 Å². The molecule has 0 radical (unpaired) electrons. The lowest BCUT2D eigenvalue weighted by atomic mass is 9.81. The third-order valence-electron chi connectivity index (χ3n) is 6.44. The van der Waals surface area contributed by atoms with E-state index in [0.717, 1.165) is 17.2 Å². The van der Waals surface area contributed by atoms with Gasteiger partial charge in [-0.3, -0.25) is 19.3 Å². The number of nitrogens with one attached hydrogen (secondary N) is 1. The van der Waals surface area contributed by atoms with E-state index in [-0.39, 0.29) is 57.6 Å². The summed E-state index contributed by atoms with van der Waals surface area (Å²) in [4.78, 5) is 40.1. The topological polar surface area (TPSA) is 66.5 Å². The smallest absolute Gasteiger partial charge is 0.244 e. The van der Waals surface area contributed by atoms with Crippen LogP contribution in [-0.2, 0) is 14.4 Å². The zero-order valence-corrected chi connectivity index (χ0v) is 18.0. The molecule has 0 unspecified atom stereocenters. The Morgan fingerprint density at radius 3 is 2.25 bits per heavy atom. The van der Waals surface area contributed by atoms with Crippen molar-refractivity contribution < 1.29 is 14.4 Å². The number of likely N-dealkylation sites (tertiary alicyclic amines) is 1. The third kappa shape index (κ3) is 2.59. The van der Waals surface area contributed by atoms with Crippen molar-refractivity contribution in [3.63, 3.8) is 0 Å². The molecule has 144 valence electrons. The number of hydrogen-bond acceptors (Lipinski definition) is 3. The predicted molar refractivity (Wildman–Crippen MR) is 113 cm³/mol. The van der Waals surface area contributed by atoms with Crippen molar-refractivity contribution in [1.29, 1.82) is 0 Å². The predicted octanol–water partition coefficient (Wildman–Crippen LogP) is 3.56. The monoisotopic (exact) mass is 504 g/mol. The number of fused-ring (bicyclic) bond motifs is 6. The quantitative estimate of drug-likeness (QED) is 0.512. The summed E-state index contributed by atoms with van der Waals surface area (Å²) in [5.74, 6) is -1.01. The van der Waals surface area contributed by atoms with E-state index in [1.807, 2.05) is 42.5 Å². The average Bonchev–Trinajstić information content (AvgIpc) is 3.29. The molecule has 2 saturated carbocycles. The fourth-order valence-electron chi connectivity index (χ4n) is 5.23. The number of alkyl halides is 2. The van der Waals surface area contributed by atoms with Crippen LogP contribution in [0, 0.1) is 23.7 Å². The van der Waals surface area contributed by atoms with E-state index in [9.17, 15) is 14.4 Å². The molecule has 2 aromatic carbocycles. The molecule has 7 heteroatoms. The van der Waals surface area contributed by atoms with Gasteiger partial charge < -0.3 is 5.32 Å². The second-order valence-electron chi connectivity index (χ2n) is 7.84. The first kappa shape index (κ1) is 18.3. The summed E-state index contributed by atoms with van der Waals surface area (Å²) in [5.41, 5.74) is 0.684. The van der Waals surface area contributed by atoms with Gasteiger partial charge in [0.2, 0.25) is 17.7 Å². The van der Waals surface area contributed by atoms with Gasteiger partial charge in [0.15, 0.2) is 0 Å². The molecule has 3 amide bonds. The number of carbonyl (C=O) groups is 3. The van der Waals surface area contributed by atoms with E-state index in [2.05, 4.69) is 37.2 Å². The van der Waals surface area contributed by atoms with E-state index in [1.165, 1.54) is 4.90 Å². The molecule has 2 bridgehead atoms. The molecular formula is C21H18Br2N2O3. The standard InChI is InChI=1S/C21H18Br2N2O3/c22-18-12-8-13(19(18)23)17-16(12)20(27)25(21(17)28)9-15(26)24-14-7-3-5-10-4-1-2-6-11(10)14/h1-7,12-13,16-19H,8-9H2,(H,24,26)/t12-,13-,16-,17+,18-,19+/m1/s1. The van der Waals surface area contributed by atoms with E-state index in [4.69, 9.17) is 0 Å². The molecule has 0 aromatic heterocycles. The number of imide groups is 1. The van der Waals surface area contributed by atoms with Crippen molar-refractivity contribution in [2.24, 2.45) is 23.7 Å². The molecule has 28 heavy (non-hydrogen) atoms. The van der Waals surface area contributed by atoms with Crippen LogP contribution in [0.25, 0.3) is 10.8 Å². The van der Waals surface area contributed by atoms with E-state index >= 15 is 0 Å². The second-order valence-corrected chi connectivity index (χ2v) is 9.96. The van der Waals surface area contributed by atoms with Gasteiger partial charge in [-0.15, -0.1) is 0 Å². The first-order valence-corrected chi connectivity index (χ1v) is 11.2. The first-order chi connectivity index (χ1) is 13.5. The molecule has 5 rings (SSSR count). The Hall–Kier alpha value is -1.73. The van der Waals surface area contributed by atoms with Gasteiger partial charge >= 0.3 is 0 Å².